The Morgan fingerprint density at radius 3 is 2.42 bits per heavy atom. The number of benzene rings is 3. The second-order valence-electron chi connectivity index (χ2n) is 9.65. The van der Waals surface area contributed by atoms with Gasteiger partial charge in [-0.15, -0.1) is 0 Å². The number of piperidine rings is 1. The number of halogens is 5. The Morgan fingerprint density at radius 1 is 1.03 bits per heavy atom. The highest BCUT2D eigenvalue weighted by atomic mass is 35.5. The van der Waals surface area contributed by atoms with Gasteiger partial charge in [0.05, 0.1) is 11.2 Å². The highest BCUT2D eigenvalue weighted by molar-refractivity contribution is 6.30. The van der Waals surface area contributed by atoms with Crippen molar-refractivity contribution < 1.29 is 27.5 Å². The van der Waals surface area contributed by atoms with Gasteiger partial charge >= 0.3 is 6.18 Å². The van der Waals surface area contributed by atoms with E-state index >= 15 is 0 Å². The Balaban J connectivity index is 1.29. The Labute approximate surface area is 224 Å². The van der Waals surface area contributed by atoms with Gasteiger partial charge in [0.2, 0.25) is 0 Å². The molecule has 0 aliphatic carbocycles. The third-order valence-electron chi connectivity index (χ3n) is 6.97. The number of carbonyl (C=O) groups excluding carboxylic acids is 1. The lowest BCUT2D eigenvalue weighted by atomic mass is 9.83. The third-order valence-corrected chi connectivity index (χ3v) is 7.22. The molecular formula is C29H29ClF4N2O2. The van der Waals surface area contributed by atoms with Crippen LogP contribution < -0.4 is 5.32 Å². The SMILES string of the molecule is O=C(CCCN1CCC(O)(c2cccc(C(F)(F)F)c2)CC1)c1ccc(F)cc1NCc1ccc(Cl)cc1. The Morgan fingerprint density at radius 2 is 1.74 bits per heavy atom. The summed E-state index contributed by atoms with van der Waals surface area (Å²) >= 11 is 5.92. The molecule has 2 N–H and O–H groups in total. The minimum absolute atomic E-state index is 0.110. The number of aliphatic hydroxyl groups is 1. The molecule has 1 fully saturated rings. The molecule has 0 unspecified atom stereocenters. The quantitative estimate of drug-likeness (QED) is 0.222. The molecule has 0 amide bonds. The molecule has 0 saturated carbocycles. The van der Waals surface area contributed by atoms with Gasteiger partial charge in [-0.2, -0.15) is 13.2 Å². The first kappa shape index (κ1) is 28.1. The van der Waals surface area contributed by atoms with Crippen LogP contribution in [0.4, 0.5) is 23.2 Å². The molecule has 0 aromatic heterocycles. The van der Waals surface area contributed by atoms with Crippen molar-refractivity contribution in [3.8, 4) is 0 Å². The summed E-state index contributed by atoms with van der Waals surface area (Å²) in [6.07, 6.45) is -3.03. The van der Waals surface area contributed by atoms with E-state index in [0.717, 1.165) is 17.7 Å². The van der Waals surface area contributed by atoms with Crippen molar-refractivity contribution in [1.29, 1.82) is 0 Å². The predicted molar refractivity (Wildman–Crippen MR) is 140 cm³/mol. The van der Waals surface area contributed by atoms with Gasteiger partial charge in [0.25, 0.3) is 0 Å². The first-order chi connectivity index (χ1) is 18.0. The minimum Gasteiger partial charge on any atom is -0.385 e. The predicted octanol–water partition coefficient (Wildman–Crippen LogP) is 7.06. The first-order valence-electron chi connectivity index (χ1n) is 12.5. The van der Waals surface area contributed by atoms with E-state index in [2.05, 4.69) is 10.2 Å². The number of hydrogen-bond donors (Lipinski definition) is 2. The number of ketones is 1. The number of alkyl halides is 3. The number of Topliss-reactive ketones (excluding diaryl/α,β-unsaturated/α-hetero) is 1. The van der Waals surface area contributed by atoms with E-state index in [4.69, 9.17) is 11.6 Å². The second-order valence-corrected chi connectivity index (χ2v) is 10.1. The molecule has 0 spiro atoms. The highest BCUT2D eigenvalue weighted by Gasteiger charge is 2.37. The van der Waals surface area contributed by atoms with E-state index in [9.17, 15) is 27.5 Å². The fraction of sp³-hybridized carbons (Fsp3) is 0.345. The molecule has 1 heterocycles. The van der Waals surface area contributed by atoms with Crippen LogP contribution in [0.1, 0.15) is 52.7 Å². The van der Waals surface area contributed by atoms with Crippen LogP contribution in [0.15, 0.2) is 66.7 Å². The van der Waals surface area contributed by atoms with Gasteiger partial charge < -0.3 is 15.3 Å². The molecule has 9 heteroatoms. The molecule has 1 aliphatic rings. The lowest BCUT2D eigenvalue weighted by Crippen LogP contribution is -2.43. The van der Waals surface area contributed by atoms with Crippen LogP contribution in [-0.2, 0) is 18.3 Å². The van der Waals surface area contributed by atoms with Gasteiger partial charge in [-0.05, 0) is 79.4 Å². The summed E-state index contributed by atoms with van der Waals surface area (Å²) in [4.78, 5) is 15.0. The second kappa shape index (κ2) is 11.8. The normalized spacial score (nSPS) is 15.8. The lowest BCUT2D eigenvalue weighted by molar-refractivity contribution is -0.137. The molecule has 0 radical (unpaired) electrons. The van der Waals surface area contributed by atoms with E-state index in [0.29, 0.717) is 61.7 Å². The summed E-state index contributed by atoms with van der Waals surface area (Å²) in [6, 6.07) is 16.2. The molecule has 0 atom stereocenters. The number of likely N-dealkylation sites (tertiary alicyclic amines) is 1. The maximum atomic E-state index is 13.9. The van der Waals surface area contributed by atoms with Gasteiger partial charge in [0.15, 0.2) is 5.78 Å². The number of nitrogens with zero attached hydrogens (tertiary/aromatic N) is 1. The zero-order chi connectivity index (χ0) is 27.3. The molecule has 38 heavy (non-hydrogen) atoms. The fourth-order valence-corrected chi connectivity index (χ4v) is 4.85. The number of nitrogens with one attached hydrogen (secondary N) is 1. The number of carbonyl (C=O) groups is 1. The smallest absolute Gasteiger partial charge is 0.385 e. The van der Waals surface area contributed by atoms with Crippen LogP contribution >= 0.6 is 11.6 Å². The average molecular weight is 549 g/mol. The van der Waals surface area contributed by atoms with Crippen molar-refractivity contribution in [2.75, 3.05) is 25.0 Å². The summed E-state index contributed by atoms with van der Waals surface area (Å²) in [6.45, 7) is 2.03. The Hall–Kier alpha value is -2.94. The standard InChI is InChI=1S/C29H29ClF4N2O2/c30-23-8-6-20(7-9-23)19-35-26-18-24(31)10-11-25(26)27(37)5-2-14-36-15-12-28(38,13-16-36)21-3-1-4-22(17-21)29(32,33)34/h1,3-4,6-11,17-18,35,38H,2,5,12-16,19H2. The van der Waals surface area contributed by atoms with Gasteiger partial charge in [-0.3, -0.25) is 4.79 Å². The molecular weight excluding hydrogens is 520 g/mol. The molecule has 3 aromatic rings. The van der Waals surface area contributed by atoms with Crippen LogP contribution in [0.3, 0.4) is 0 Å². The van der Waals surface area contributed by atoms with Crippen molar-refractivity contribution in [2.45, 2.75) is 44.0 Å². The van der Waals surface area contributed by atoms with Gasteiger partial charge in [0.1, 0.15) is 5.82 Å². The van der Waals surface area contributed by atoms with E-state index < -0.39 is 23.2 Å². The Kier molecular flexibility index (Phi) is 8.75. The summed E-state index contributed by atoms with van der Waals surface area (Å²) in [5.41, 5.74) is -0.0321. The van der Waals surface area contributed by atoms with Gasteiger partial charge in [0, 0.05) is 42.3 Å². The van der Waals surface area contributed by atoms with Crippen molar-refractivity contribution in [2.24, 2.45) is 0 Å². The van der Waals surface area contributed by atoms with Crippen LogP contribution in [-0.4, -0.2) is 35.4 Å². The maximum absolute atomic E-state index is 13.9. The number of hydrogen-bond acceptors (Lipinski definition) is 4. The Bertz CT molecular complexity index is 1260. The molecule has 1 saturated heterocycles. The van der Waals surface area contributed by atoms with E-state index in [1.807, 2.05) is 12.1 Å². The minimum atomic E-state index is -4.46. The van der Waals surface area contributed by atoms with Crippen molar-refractivity contribution in [3.05, 3.63) is 99.8 Å². The molecule has 0 bridgehead atoms. The average Bonchev–Trinajstić information content (AvgIpc) is 2.89. The zero-order valence-corrected chi connectivity index (χ0v) is 21.5. The van der Waals surface area contributed by atoms with E-state index in [1.54, 1.807) is 12.1 Å². The van der Waals surface area contributed by atoms with Crippen LogP contribution in [0.5, 0.6) is 0 Å². The fourth-order valence-electron chi connectivity index (χ4n) is 4.72. The summed E-state index contributed by atoms with van der Waals surface area (Å²) < 4.78 is 53.1. The highest BCUT2D eigenvalue weighted by Crippen LogP contribution is 2.36. The number of rotatable bonds is 9. The summed E-state index contributed by atoms with van der Waals surface area (Å²) in [7, 11) is 0. The monoisotopic (exact) mass is 548 g/mol. The zero-order valence-electron chi connectivity index (χ0n) is 20.7. The first-order valence-corrected chi connectivity index (χ1v) is 12.8. The molecule has 3 aromatic carbocycles. The lowest BCUT2D eigenvalue weighted by Gasteiger charge is -2.38. The van der Waals surface area contributed by atoms with Crippen LogP contribution in [0, 0.1) is 5.82 Å². The summed E-state index contributed by atoms with van der Waals surface area (Å²) in [5.74, 6) is -0.553. The van der Waals surface area contributed by atoms with Gasteiger partial charge in [-0.25, -0.2) is 4.39 Å². The van der Waals surface area contributed by atoms with E-state index in [1.165, 1.54) is 30.3 Å². The molecule has 202 valence electrons. The third kappa shape index (κ3) is 7.12. The van der Waals surface area contributed by atoms with E-state index in [-0.39, 0.29) is 17.8 Å². The maximum Gasteiger partial charge on any atom is 0.416 e. The van der Waals surface area contributed by atoms with Crippen molar-refractivity contribution in [3.63, 3.8) is 0 Å². The molecule has 4 rings (SSSR count). The van der Waals surface area contributed by atoms with Crippen LogP contribution in [0.25, 0.3) is 0 Å². The van der Waals surface area contributed by atoms with Crippen molar-refractivity contribution >= 4 is 23.1 Å². The largest absolute Gasteiger partial charge is 0.416 e. The van der Waals surface area contributed by atoms with Crippen molar-refractivity contribution in [1.82, 2.24) is 4.90 Å². The molecule has 1 aliphatic heterocycles. The topological polar surface area (TPSA) is 52.6 Å². The molecule has 4 nitrogen and oxygen atoms in total. The number of anilines is 1. The van der Waals surface area contributed by atoms with Gasteiger partial charge in [-0.1, -0.05) is 35.9 Å². The summed E-state index contributed by atoms with van der Waals surface area (Å²) in [5, 5.41) is 14.8. The van der Waals surface area contributed by atoms with Crippen LogP contribution in [0.2, 0.25) is 5.02 Å².